The van der Waals surface area contributed by atoms with E-state index in [9.17, 15) is 0 Å². The molecule has 3 nitrogen and oxygen atoms in total. The van der Waals surface area contributed by atoms with Crippen molar-refractivity contribution < 1.29 is 4.74 Å². The average molecular weight is 256 g/mol. The van der Waals surface area contributed by atoms with Crippen LogP contribution in [0.1, 0.15) is 11.1 Å². The molecule has 0 aliphatic rings. The monoisotopic (exact) mass is 256 g/mol. The number of nitrogen functional groups attached to an aromatic ring is 1. The Hall–Kier alpha value is -2.16. The highest BCUT2D eigenvalue weighted by Crippen LogP contribution is 2.26. The van der Waals surface area contributed by atoms with Gasteiger partial charge in [0, 0.05) is 19.2 Å². The zero-order valence-electron chi connectivity index (χ0n) is 11.7. The predicted octanol–water partition coefficient (Wildman–Crippen LogP) is 3.22. The minimum Gasteiger partial charge on any atom is -0.496 e. The first kappa shape index (κ1) is 13.3. The molecule has 0 spiro atoms. The van der Waals surface area contributed by atoms with E-state index in [4.69, 9.17) is 10.5 Å². The fourth-order valence-electron chi connectivity index (χ4n) is 2.20. The summed E-state index contributed by atoms with van der Waals surface area (Å²) in [7, 11) is 3.73. The van der Waals surface area contributed by atoms with Crippen LogP contribution in [-0.4, -0.2) is 14.2 Å². The van der Waals surface area contributed by atoms with E-state index in [1.807, 2.05) is 38.2 Å². The van der Waals surface area contributed by atoms with Gasteiger partial charge in [-0.1, -0.05) is 24.3 Å². The van der Waals surface area contributed by atoms with E-state index >= 15 is 0 Å². The van der Waals surface area contributed by atoms with Gasteiger partial charge in [-0.3, -0.25) is 0 Å². The van der Waals surface area contributed by atoms with E-state index in [0.29, 0.717) is 0 Å². The Morgan fingerprint density at radius 1 is 1.16 bits per heavy atom. The molecule has 19 heavy (non-hydrogen) atoms. The topological polar surface area (TPSA) is 38.5 Å². The van der Waals surface area contributed by atoms with Gasteiger partial charge in [-0.2, -0.15) is 0 Å². The van der Waals surface area contributed by atoms with Crippen molar-refractivity contribution in [2.24, 2.45) is 0 Å². The quantitative estimate of drug-likeness (QED) is 0.854. The standard InChI is InChI=1S/C16H20N2O/c1-12-8-9-15(14(17)10-12)18(2)11-13-6-4-5-7-16(13)19-3/h4-10H,11,17H2,1-3H3. The van der Waals surface area contributed by atoms with Crippen LogP contribution in [0.15, 0.2) is 42.5 Å². The van der Waals surface area contributed by atoms with Crippen LogP contribution in [0.5, 0.6) is 5.75 Å². The second-order valence-corrected chi connectivity index (χ2v) is 4.73. The lowest BCUT2D eigenvalue weighted by atomic mass is 10.1. The summed E-state index contributed by atoms with van der Waals surface area (Å²) in [6.07, 6.45) is 0. The Kier molecular flexibility index (Phi) is 3.95. The van der Waals surface area contributed by atoms with Crippen LogP contribution < -0.4 is 15.4 Å². The largest absolute Gasteiger partial charge is 0.496 e. The zero-order chi connectivity index (χ0) is 13.8. The molecule has 0 unspecified atom stereocenters. The molecule has 0 saturated heterocycles. The summed E-state index contributed by atoms with van der Waals surface area (Å²) in [5, 5.41) is 0. The number of nitrogens with two attached hydrogens (primary N) is 1. The maximum atomic E-state index is 6.07. The summed E-state index contributed by atoms with van der Waals surface area (Å²) >= 11 is 0. The molecule has 0 heterocycles. The molecular formula is C16H20N2O. The van der Waals surface area contributed by atoms with Crippen LogP contribution in [0.3, 0.4) is 0 Å². The van der Waals surface area contributed by atoms with Gasteiger partial charge in [0.2, 0.25) is 0 Å². The zero-order valence-corrected chi connectivity index (χ0v) is 11.7. The van der Waals surface area contributed by atoms with Crippen LogP contribution in [0.25, 0.3) is 0 Å². The van der Waals surface area contributed by atoms with Crippen LogP contribution in [0.4, 0.5) is 11.4 Å². The maximum absolute atomic E-state index is 6.07. The minimum absolute atomic E-state index is 0.761. The number of hydrogen-bond donors (Lipinski definition) is 1. The normalized spacial score (nSPS) is 10.3. The van der Waals surface area contributed by atoms with Gasteiger partial charge in [0.25, 0.3) is 0 Å². The van der Waals surface area contributed by atoms with Crippen molar-refractivity contribution in [2.75, 3.05) is 24.8 Å². The van der Waals surface area contributed by atoms with Crippen LogP contribution >= 0.6 is 0 Å². The number of ether oxygens (including phenoxy) is 1. The molecule has 2 N–H and O–H groups in total. The van der Waals surface area contributed by atoms with Crippen molar-refractivity contribution >= 4 is 11.4 Å². The second kappa shape index (κ2) is 5.65. The number of aryl methyl sites for hydroxylation is 1. The molecule has 0 bridgehead atoms. The summed E-state index contributed by atoms with van der Waals surface area (Å²) in [5.74, 6) is 0.903. The molecule has 0 aliphatic heterocycles. The van der Waals surface area contributed by atoms with Gasteiger partial charge in [0.1, 0.15) is 5.75 Å². The van der Waals surface area contributed by atoms with Crippen molar-refractivity contribution in [3.05, 3.63) is 53.6 Å². The second-order valence-electron chi connectivity index (χ2n) is 4.73. The van der Waals surface area contributed by atoms with Crippen LogP contribution in [0, 0.1) is 6.92 Å². The molecule has 0 radical (unpaired) electrons. The molecule has 0 saturated carbocycles. The molecule has 0 fully saturated rings. The summed E-state index contributed by atoms with van der Waals surface area (Å²) < 4.78 is 5.37. The lowest BCUT2D eigenvalue weighted by molar-refractivity contribution is 0.409. The van der Waals surface area contributed by atoms with E-state index in [1.165, 1.54) is 5.56 Å². The number of nitrogens with zero attached hydrogens (tertiary/aromatic N) is 1. The van der Waals surface area contributed by atoms with Gasteiger partial charge in [-0.05, 0) is 30.7 Å². The third kappa shape index (κ3) is 2.99. The van der Waals surface area contributed by atoms with Crippen LogP contribution in [0.2, 0.25) is 0 Å². The van der Waals surface area contributed by atoms with E-state index in [-0.39, 0.29) is 0 Å². The number of methoxy groups -OCH3 is 1. The molecule has 0 aromatic heterocycles. The van der Waals surface area contributed by atoms with Gasteiger partial charge in [-0.15, -0.1) is 0 Å². The lowest BCUT2D eigenvalue weighted by Crippen LogP contribution is -2.18. The SMILES string of the molecule is COc1ccccc1CN(C)c1ccc(C)cc1N. The lowest BCUT2D eigenvalue weighted by Gasteiger charge is -2.22. The number of hydrogen-bond acceptors (Lipinski definition) is 3. The first-order chi connectivity index (χ1) is 9.11. The average Bonchev–Trinajstić information content (AvgIpc) is 2.39. The van der Waals surface area contributed by atoms with Gasteiger partial charge < -0.3 is 15.4 Å². The minimum atomic E-state index is 0.761. The number of benzene rings is 2. The molecule has 0 atom stereocenters. The van der Waals surface area contributed by atoms with Gasteiger partial charge in [0.05, 0.1) is 18.5 Å². The van der Waals surface area contributed by atoms with Crippen molar-refractivity contribution in [2.45, 2.75) is 13.5 Å². The third-order valence-corrected chi connectivity index (χ3v) is 3.19. The van der Waals surface area contributed by atoms with Crippen LogP contribution in [-0.2, 0) is 6.54 Å². The number of anilines is 2. The first-order valence-electron chi connectivity index (χ1n) is 6.31. The molecule has 2 aromatic carbocycles. The van der Waals surface area contributed by atoms with Gasteiger partial charge in [0.15, 0.2) is 0 Å². The molecule has 0 amide bonds. The molecule has 3 heteroatoms. The van der Waals surface area contributed by atoms with E-state index < -0.39 is 0 Å². The highest BCUT2D eigenvalue weighted by molar-refractivity contribution is 5.68. The summed E-state index contributed by atoms with van der Waals surface area (Å²) in [5.41, 5.74) is 10.2. The fourth-order valence-corrected chi connectivity index (χ4v) is 2.20. The third-order valence-electron chi connectivity index (χ3n) is 3.19. The summed E-state index contributed by atoms with van der Waals surface area (Å²) in [4.78, 5) is 2.13. The Morgan fingerprint density at radius 2 is 1.89 bits per heavy atom. The Balaban J connectivity index is 2.23. The highest BCUT2D eigenvalue weighted by atomic mass is 16.5. The smallest absolute Gasteiger partial charge is 0.123 e. The molecule has 100 valence electrons. The fraction of sp³-hybridized carbons (Fsp3) is 0.250. The highest BCUT2D eigenvalue weighted by Gasteiger charge is 2.09. The number of rotatable bonds is 4. The summed E-state index contributed by atoms with van der Waals surface area (Å²) in [6.45, 7) is 2.80. The Labute approximate surface area is 114 Å². The van der Waals surface area contributed by atoms with Crippen molar-refractivity contribution in [3.63, 3.8) is 0 Å². The Morgan fingerprint density at radius 3 is 2.58 bits per heavy atom. The van der Waals surface area contributed by atoms with E-state index in [2.05, 4.69) is 23.1 Å². The summed E-state index contributed by atoms with van der Waals surface area (Å²) in [6, 6.07) is 14.2. The van der Waals surface area contributed by atoms with Crippen molar-refractivity contribution in [1.29, 1.82) is 0 Å². The van der Waals surface area contributed by atoms with Crippen molar-refractivity contribution in [1.82, 2.24) is 0 Å². The van der Waals surface area contributed by atoms with E-state index in [1.54, 1.807) is 7.11 Å². The molecular weight excluding hydrogens is 236 g/mol. The van der Waals surface area contributed by atoms with Crippen molar-refractivity contribution in [3.8, 4) is 5.75 Å². The predicted molar refractivity (Wildman–Crippen MR) is 80.7 cm³/mol. The molecule has 2 aromatic rings. The van der Waals surface area contributed by atoms with E-state index in [0.717, 1.165) is 29.2 Å². The number of para-hydroxylation sites is 1. The first-order valence-corrected chi connectivity index (χ1v) is 6.31. The van der Waals surface area contributed by atoms with Gasteiger partial charge in [-0.25, -0.2) is 0 Å². The Bertz CT molecular complexity index is 566. The molecule has 2 rings (SSSR count). The maximum Gasteiger partial charge on any atom is 0.123 e. The molecule has 0 aliphatic carbocycles. The van der Waals surface area contributed by atoms with Gasteiger partial charge >= 0.3 is 0 Å².